The molecule has 2 rings (SSSR count). The Hall–Kier alpha value is -0.590. The zero-order valence-corrected chi connectivity index (χ0v) is 12.0. The van der Waals surface area contributed by atoms with Crippen LogP contribution in [-0.2, 0) is 4.79 Å². The van der Waals surface area contributed by atoms with Gasteiger partial charge in [0.25, 0.3) is 0 Å². The first-order valence-electron chi connectivity index (χ1n) is 7.05. The fraction of sp³-hybridized carbons (Fsp3) is 0.812. The minimum atomic E-state index is -0.0820. The third-order valence-electron chi connectivity index (χ3n) is 5.47. The van der Waals surface area contributed by atoms with Crippen LogP contribution in [0.5, 0.6) is 0 Å². The van der Waals surface area contributed by atoms with E-state index in [-0.39, 0.29) is 10.8 Å². The Morgan fingerprint density at radius 3 is 2.47 bits per heavy atom. The second-order valence-electron chi connectivity index (χ2n) is 7.10. The van der Waals surface area contributed by atoms with Crippen molar-refractivity contribution >= 4 is 5.78 Å². The molecule has 0 spiro atoms. The molecule has 2 atom stereocenters. The third-order valence-corrected chi connectivity index (χ3v) is 5.47. The molecule has 2 fully saturated rings. The number of fused-ring (bicyclic) bond motifs is 2. The Morgan fingerprint density at radius 2 is 2.00 bits per heavy atom. The number of allylic oxidation sites excluding steroid dienone is 2. The van der Waals surface area contributed by atoms with Gasteiger partial charge in [0.05, 0.1) is 0 Å². The predicted molar refractivity (Wildman–Crippen MR) is 71.8 cm³/mol. The molecule has 2 aliphatic carbocycles. The third kappa shape index (κ3) is 1.70. The van der Waals surface area contributed by atoms with Crippen LogP contribution in [0.25, 0.3) is 0 Å². The zero-order valence-electron chi connectivity index (χ0n) is 12.0. The summed E-state index contributed by atoms with van der Waals surface area (Å²) in [5.74, 6) is 1.69. The van der Waals surface area contributed by atoms with Crippen molar-refractivity contribution in [3.05, 3.63) is 11.6 Å². The first kappa shape index (κ1) is 12.9. The highest BCUT2D eigenvalue weighted by Crippen LogP contribution is 2.65. The number of Topliss-reactive ketones (excluding diaryl/α,β-unsaturated/α-hetero) is 1. The van der Waals surface area contributed by atoms with Crippen molar-refractivity contribution in [2.75, 3.05) is 0 Å². The molecule has 17 heavy (non-hydrogen) atoms. The summed E-state index contributed by atoms with van der Waals surface area (Å²) in [7, 11) is 0. The van der Waals surface area contributed by atoms with Crippen molar-refractivity contribution in [1.82, 2.24) is 0 Å². The van der Waals surface area contributed by atoms with E-state index in [1.165, 1.54) is 12.8 Å². The van der Waals surface area contributed by atoms with Gasteiger partial charge in [-0.15, -0.1) is 0 Å². The minimum absolute atomic E-state index is 0.0820. The zero-order chi connectivity index (χ0) is 12.8. The first-order chi connectivity index (χ1) is 7.80. The van der Waals surface area contributed by atoms with Crippen LogP contribution in [0, 0.1) is 22.7 Å². The highest BCUT2D eigenvalue weighted by Gasteiger charge is 2.63. The molecule has 1 heteroatoms. The van der Waals surface area contributed by atoms with E-state index in [9.17, 15) is 4.79 Å². The molecule has 0 N–H and O–H groups in total. The predicted octanol–water partition coefficient (Wildman–Crippen LogP) is 4.37. The molecule has 0 aromatic heterocycles. The highest BCUT2D eigenvalue weighted by molar-refractivity contribution is 6.04. The molecule has 0 saturated heterocycles. The van der Waals surface area contributed by atoms with Crippen molar-refractivity contribution < 1.29 is 4.79 Å². The van der Waals surface area contributed by atoms with Gasteiger partial charge in [-0.3, -0.25) is 4.79 Å². The van der Waals surface area contributed by atoms with Gasteiger partial charge in [0.1, 0.15) is 0 Å². The van der Waals surface area contributed by atoms with Crippen LogP contribution in [0.2, 0.25) is 0 Å². The lowest BCUT2D eigenvalue weighted by Gasteiger charge is -2.31. The number of ketones is 1. The summed E-state index contributed by atoms with van der Waals surface area (Å²) in [6.07, 6.45) is 6.81. The quantitative estimate of drug-likeness (QED) is 0.662. The van der Waals surface area contributed by atoms with E-state index in [1.54, 1.807) is 0 Å². The lowest BCUT2D eigenvalue weighted by molar-refractivity contribution is -0.125. The molecule has 2 aliphatic rings. The molecular weight excluding hydrogens is 208 g/mol. The lowest BCUT2D eigenvalue weighted by Crippen LogP contribution is -2.32. The number of carbonyl (C=O) groups is 1. The van der Waals surface area contributed by atoms with E-state index in [4.69, 9.17) is 0 Å². The molecule has 0 radical (unpaired) electrons. The van der Waals surface area contributed by atoms with Crippen LogP contribution in [0.3, 0.4) is 0 Å². The summed E-state index contributed by atoms with van der Waals surface area (Å²) in [6, 6.07) is 0. The normalized spacial score (nSPS) is 37.4. The van der Waals surface area contributed by atoms with E-state index in [1.807, 2.05) is 0 Å². The van der Waals surface area contributed by atoms with E-state index < -0.39 is 0 Å². The number of rotatable bonds is 3. The van der Waals surface area contributed by atoms with Gasteiger partial charge >= 0.3 is 0 Å². The summed E-state index contributed by atoms with van der Waals surface area (Å²) in [5, 5.41) is 0. The molecule has 0 heterocycles. The average Bonchev–Trinajstić information content (AvgIpc) is 2.52. The fourth-order valence-corrected chi connectivity index (χ4v) is 3.73. The van der Waals surface area contributed by atoms with Crippen molar-refractivity contribution in [2.45, 2.75) is 60.3 Å². The first-order valence-corrected chi connectivity index (χ1v) is 7.05. The van der Waals surface area contributed by atoms with Crippen LogP contribution in [0.1, 0.15) is 60.3 Å². The monoisotopic (exact) mass is 234 g/mol. The maximum absolute atomic E-state index is 12.5. The van der Waals surface area contributed by atoms with Gasteiger partial charge in [0.15, 0.2) is 5.78 Å². The molecule has 0 unspecified atom stereocenters. The van der Waals surface area contributed by atoms with Crippen molar-refractivity contribution in [3.8, 4) is 0 Å². The topological polar surface area (TPSA) is 17.1 Å². The molecule has 0 aromatic carbocycles. The molecule has 96 valence electrons. The molecule has 0 aliphatic heterocycles. The maximum Gasteiger partial charge on any atom is 0.165 e. The van der Waals surface area contributed by atoms with Crippen LogP contribution in [0.4, 0.5) is 0 Å². The number of hydrogen-bond acceptors (Lipinski definition) is 1. The molecular formula is C16H26O. The molecule has 2 bridgehead atoms. The molecule has 1 nitrogen and oxygen atoms in total. The SMILES string of the molecule is CC(C)CC/C=C1/C(=O)[C@@]2(C)CC[C@@H]1C2(C)C. The van der Waals surface area contributed by atoms with E-state index >= 15 is 0 Å². The Balaban J connectivity index is 2.20. The Kier molecular flexibility index (Phi) is 3.00. The standard InChI is InChI=1S/C16H26O/c1-11(2)7-6-8-12-13-9-10-16(5,14(12)17)15(13,3)4/h8,11,13H,6-7,9-10H2,1-5H3/b12-8+/t13-,16+/m0/s1. The summed E-state index contributed by atoms with van der Waals surface area (Å²) in [5.41, 5.74) is 1.25. The molecule has 2 saturated carbocycles. The summed E-state index contributed by atoms with van der Waals surface area (Å²) in [4.78, 5) is 12.5. The van der Waals surface area contributed by atoms with E-state index in [0.717, 1.165) is 24.3 Å². The van der Waals surface area contributed by atoms with Gasteiger partial charge < -0.3 is 0 Å². The van der Waals surface area contributed by atoms with Crippen molar-refractivity contribution in [1.29, 1.82) is 0 Å². The Morgan fingerprint density at radius 1 is 1.35 bits per heavy atom. The smallest absolute Gasteiger partial charge is 0.165 e. The van der Waals surface area contributed by atoms with Crippen molar-refractivity contribution in [3.63, 3.8) is 0 Å². The van der Waals surface area contributed by atoms with Crippen LogP contribution in [-0.4, -0.2) is 5.78 Å². The van der Waals surface area contributed by atoms with Gasteiger partial charge in [0, 0.05) is 5.41 Å². The average molecular weight is 234 g/mol. The fourth-order valence-electron chi connectivity index (χ4n) is 3.73. The second-order valence-corrected chi connectivity index (χ2v) is 7.10. The minimum Gasteiger partial charge on any atom is -0.294 e. The molecule has 0 aromatic rings. The number of hydrogen-bond donors (Lipinski definition) is 0. The summed E-state index contributed by atoms with van der Waals surface area (Å²) >= 11 is 0. The lowest BCUT2D eigenvalue weighted by atomic mass is 9.70. The highest BCUT2D eigenvalue weighted by atomic mass is 16.1. The van der Waals surface area contributed by atoms with Crippen LogP contribution < -0.4 is 0 Å². The summed E-state index contributed by atoms with van der Waals surface area (Å²) < 4.78 is 0. The van der Waals surface area contributed by atoms with Crippen molar-refractivity contribution in [2.24, 2.45) is 22.7 Å². The van der Waals surface area contributed by atoms with Gasteiger partial charge in [-0.2, -0.15) is 0 Å². The van der Waals surface area contributed by atoms with Crippen LogP contribution in [0.15, 0.2) is 11.6 Å². The Labute approximate surface area is 106 Å². The number of carbonyl (C=O) groups excluding carboxylic acids is 1. The van der Waals surface area contributed by atoms with Gasteiger partial charge in [-0.1, -0.05) is 40.7 Å². The maximum atomic E-state index is 12.5. The van der Waals surface area contributed by atoms with Gasteiger partial charge in [0.2, 0.25) is 0 Å². The Bertz CT molecular complexity index is 362. The largest absolute Gasteiger partial charge is 0.294 e. The van der Waals surface area contributed by atoms with E-state index in [0.29, 0.717) is 11.7 Å². The summed E-state index contributed by atoms with van der Waals surface area (Å²) in [6.45, 7) is 11.2. The molecule has 0 amide bonds. The van der Waals surface area contributed by atoms with E-state index in [2.05, 4.69) is 40.7 Å². The van der Waals surface area contributed by atoms with Gasteiger partial charge in [-0.25, -0.2) is 0 Å². The second kappa shape index (κ2) is 3.96. The van der Waals surface area contributed by atoms with Crippen LogP contribution >= 0.6 is 0 Å². The van der Waals surface area contributed by atoms with Gasteiger partial charge in [-0.05, 0) is 48.5 Å².